The van der Waals surface area contributed by atoms with Gasteiger partial charge in [-0.25, -0.2) is 0 Å². The molecule has 1 rings (SSSR count). The monoisotopic (exact) mass is 350 g/mol. The van der Waals surface area contributed by atoms with Gasteiger partial charge in [0.15, 0.2) is 0 Å². The van der Waals surface area contributed by atoms with Crippen LogP contribution in [-0.2, 0) is 20.7 Å². The van der Waals surface area contributed by atoms with Crippen molar-refractivity contribution in [2.75, 3.05) is 6.26 Å². The minimum atomic E-state index is -3.46. The van der Waals surface area contributed by atoms with Crippen LogP contribution in [0, 0.1) is 11.8 Å². The van der Waals surface area contributed by atoms with Gasteiger partial charge in [-0.3, -0.25) is 4.18 Å². The zero-order valence-electron chi connectivity index (χ0n) is 15.0. The summed E-state index contributed by atoms with van der Waals surface area (Å²) in [4.78, 5) is 0. The molecule has 4 heteroatoms. The fourth-order valence-corrected chi connectivity index (χ4v) is 3.07. The second-order valence-corrected chi connectivity index (χ2v) is 7.75. The Kier molecular flexibility index (Phi) is 10.5. The molecule has 0 aliphatic rings. The summed E-state index contributed by atoms with van der Waals surface area (Å²) in [6.45, 7) is 2.18. The lowest BCUT2D eigenvalue weighted by molar-refractivity contribution is 0.251. The maximum atomic E-state index is 11.4. The maximum Gasteiger partial charge on any atom is 0.265 e. The normalized spacial score (nSPS) is 12.4. The van der Waals surface area contributed by atoms with E-state index in [-0.39, 0.29) is 0 Å². The van der Waals surface area contributed by atoms with Crippen molar-refractivity contribution < 1.29 is 12.6 Å². The molecular formula is C20H30O3S. The van der Waals surface area contributed by atoms with Crippen LogP contribution in [0.25, 0.3) is 0 Å². The average molecular weight is 351 g/mol. The van der Waals surface area contributed by atoms with Crippen LogP contribution in [0.4, 0.5) is 0 Å². The van der Waals surface area contributed by atoms with Gasteiger partial charge < -0.3 is 0 Å². The average Bonchev–Trinajstić information content (AvgIpc) is 2.53. The molecule has 0 aromatic heterocycles. The van der Waals surface area contributed by atoms with Crippen LogP contribution in [0.5, 0.6) is 0 Å². The van der Waals surface area contributed by atoms with Gasteiger partial charge in [0.05, 0.1) is 6.26 Å². The van der Waals surface area contributed by atoms with Crippen molar-refractivity contribution in [1.29, 1.82) is 0 Å². The molecule has 0 saturated heterocycles. The molecule has 0 saturated carbocycles. The minimum absolute atomic E-state index is 0.502. The molecule has 0 bridgehead atoms. The molecule has 0 spiro atoms. The van der Waals surface area contributed by atoms with Gasteiger partial charge in [-0.1, -0.05) is 68.9 Å². The van der Waals surface area contributed by atoms with Gasteiger partial charge in [0.2, 0.25) is 0 Å². The van der Waals surface area contributed by atoms with E-state index in [9.17, 15) is 8.42 Å². The molecule has 1 aromatic carbocycles. The molecule has 0 fully saturated rings. The number of unbranched alkanes of at least 4 members (excludes halogenated alkanes) is 5. The third-order valence-electron chi connectivity index (χ3n) is 3.73. The van der Waals surface area contributed by atoms with Gasteiger partial charge in [0, 0.05) is 6.42 Å². The number of rotatable bonds is 11. The Labute approximate surface area is 147 Å². The Morgan fingerprint density at radius 1 is 1.04 bits per heavy atom. The highest BCUT2D eigenvalue weighted by Crippen LogP contribution is 2.11. The van der Waals surface area contributed by atoms with Crippen molar-refractivity contribution in [3.05, 3.63) is 35.9 Å². The molecule has 1 aromatic rings. The van der Waals surface area contributed by atoms with Crippen LogP contribution in [0.15, 0.2) is 30.3 Å². The summed E-state index contributed by atoms with van der Waals surface area (Å²) in [5, 5.41) is 0. The van der Waals surface area contributed by atoms with E-state index in [0.717, 1.165) is 38.4 Å². The lowest BCUT2D eigenvalue weighted by atomic mass is 10.1. The van der Waals surface area contributed by atoms with E-state index in [2.05, 4.69) is 30.9 Å². The van der Waals surface area contributed by atoms with Crippen molar-refractivity contribution in [2.24, 2.45) is 0 Å². The van der Waals surface area contributed by atoms with Crippen LogP contribution in [0.3, 0.4) is 0 Å². The van der Waals surface area contributed by atoms with Gasteiger partial charge in [-0.15, -0.1) is 5.92 Å². The third kappa shape index (κ3) is 11.3. The van der Waals surface area contributed by atoms with Crippen LogP contribution in [0.2, 0.25) is 0 Å². The molecular weight excluding hydrogens is 320 g/mol. The zero-order chi connectivity index (χ0) is 17.7. The highest BCUT2D eigenvalue weighted by Gasteiger charge is 2.12. The fourth-order valence-electron chi connectivity index (χ4n) is 2.50. The number of benzene rings is 1. The summed E-state index contributed by atoms with van der Waals surface area (Å²) in [6, 6.07) is 10.3. The molecule has 0 unspecified atom stereocenters. The van der Waals surface area contributed by atoms with E-state index < -0.39 is 16.2 Å². The molecule has 0 N–H and O–H groups in total. The standard InChI is InChI=1S/C20H30O3S/c1-3-4-5-6-12-17-20(23-24(2,21)22)18-13-8-11-16-19-14-9-7-10-15-19/h7,9-10,14-15,20H,3-6,8,11-12,16-17H2,1-2H3/t20-/m0/s1. The zero-order valence-corrected chi connectivity index (χ0v) is 15.8. The lowest BCUT2D eigenvalue weighted by Crippen LogP contribution is -2.15. The number of hydrogen-bond donors (Lipinski definition) is 0. The van der Waals surface area contributed by atoms with Crippen molar-refractivity contribution in [3.63, 3.8) is 0 Å². The van der Waals surface area contributed by atoms with E-state index in [1.54, 1.807) is 0 Å². The van der Waals surface area contributed by atoms with Gasteiger partial charge in [0.1, 0.15) is 6.10 Å². The van der Waals surface area contributed by atoms with E-state index in [4.69, 9.17) is 4.18 Å². The first-order chi connectivity index (χ1) is 11.5. The summed E-state index contributed by atoms with van der Waals surface area (Å²) in [7, 11) is -3.46. The van der Waals surface area contributed by atoms with E-state index >= 15 is 0 Å². The SMILES string of the molecule is CCCCCCC[C@@H](C#CCCCc1ccccc1)OS(C)(=O)=O. The minimum Gasteiger partial charge on any atom is -0.254 e. The van der Waals surface area contributed by atoms with Gasteiger partial charge in [-0.05, 0) is 31.2 Å². The summed E-state index contributed by atoms with van der Waals surface area (Å²) in [5.74, 6) is 6.09. The Hall–Kier alpha value is -1.31. The summed E-state index contributed by atoms with van der Waals surface area (Å²) in [6.07, 6.45) is 9.67. The molecule has 0 amide bonds. The van der Waals surface area contributed by atoms with Crippen LogP contribution < -0.4 is 0 Å². The Morgan fingerprint density at radius 3 is 2.42 bits per heavy atom. The molecule has 0 aliphatic carbocycles. The van der Waals surface area contributed by atoms with Gasteiger partial charge >= 0.3 is 0 Å². The topological polar surface area (TPSA) is 43.4 Å². The predicted octanol–water partition coefficient (Wildman–Crippen LogP) is 4.72. The lowest BCUT2D eigenvalue weighted by Gasteiger charge is -2.10. The number of aryl methyl sites for hydroxylation is 1. The first-order valence-corrected chi connectivity index (χ1v) is 10.7. The first-order valence-electron chi connectivity index (χ1n) is 8.92. The smallest absolute Gasteiger partial charge is 0.254 e. The quantitative estimate of drug-likeness (QED) is 0.329. The van der Waals surface area contributed by atoms with Crippen molar-refractivity contribution in [1.82, 2.24) is 0 Å². The summed E-state index contributed by atoms with van der Waals surface area (Å²) >= 11 is 0. The fraction of sp³-hybridized carbons (Fsp3) is 0.600. The Morgan fingerprint density at radius 2 is 1.75 bits per heavy atom. The van der Waals surface area contributed by atoms with Crippen LogP contribution >= 0.6 is 0 Å². The third-order valence-corrected chi connectivity index (χ3v) is 4.32. The van der Waals surface area contributed by atoms with Crippen molar-refractivity contribution in [3.8, 4) is 11.8 Å². The largest absolute Gasteiger partial charge is 0.265 e. The molecule has 1 atom stereocenters. The highest BCUT2D eigenvalue weighted by atomic mass is 32.2. The molecule has 24 heavy (non-hydrogen) atoms. The Bertz CT molecular complexity index is 597. The molecule has 0 radical (unpaired) electrons. The second-order valence-electron chi connectivity index (χ2n) is 6.15. The predicted molar refractivity (Wildman–Crippen MR) is 100 cm³/mol. The van der Waals surface area contributed by atoms with Crippen molar-refractivity contribution in [2.45, 2.75) is 70.8 Å². The van der Waals surface area contributed by atoms with Crippen LogP contribution in [-0.4, -0.2) is 20.8 Å². The summed E-state index contributed by atoms with van der Waals surface area (Å²) < 4.78 is 27.8. The van der Waals surface area contributed by atoms with Gasteiger partial charge in [-0.2, -0.15) is 8.42 Å². The molecule has 134 valence electrons. The van der Waals surface area contributed by atoms with Crippen LogP contribution in [0.1, 0.15) is 63.9 Å². The van der Waals surface area contributed by atoms with E-state index in [1.807, 2.05) is 18.2 Å². The highest BCUT2D eigenvalue weighted by molar-refractivity contribution is 7.86. The molecule has 0 aliphatic heterocycles. The van der Waals surface area contributed by atoms with Crippen molar-refractivity contribution >= 4 is 10.1 Å². The first kappa shape index (κ1) is 20.7. The van der Waals surface area contributed by atoms with E-state index in [1.165, 1.54) is 24.8 Å². The van der Waals surface area contributed by atoms with Gasteiger partial charge in [0.25, 0.3) is 10.1 Å². The molecule has 0 heterocycles. The molecule has 3 nitrogen and oxygen atoms in total. The second kappa shape index (κ2) is 12.1. The summed E-state index contributed by atoms with van der Waals surface area (Å²) in [5.41, 5.74) is 1.30. The number of hydrogen-bond acceptors (Lipinski definition) is 3. The maximum absolute atomic E-state index is 11.4. The van der Waals surface area contributed by atoms with E-state index in [0.29, 0.717) is 6.42 Å². The Balaban J connectivity index is 2.37.